The summed E-state index contributed by atoms with van der Waals surface area (Å²) in [7, 11) is 0. The average molecular weight is 321 g/mol. The van der Waals surface area contributed by atoms with Gasteiger partial charge in [-0.2, -0.15) is 0 Å². The zero-order valence-electron chi connectivity index (χ0n) is 13.3. The standard InChI is InChI=1S/C17H24N2S2/c1-5-8-18-12-9-17(3,4)10-13-15(12)21-16(19-13)14-7-6-11(2)20-14/h6-7,12,18H,5,8-10H2,1-4H3. The highest BCUT2D eigenvalue weighted by molar-refractivity contribution is 7.21. The predicted octanol–water partition coefficient (Wildman–Crippen LogP) is 5.19. The van der Waals surface area contributed by atoms with Crippen LogP contribution in [0.5, 0.6) is 0 Å². The van der Waals surface area contributed by atoms with Crippen molar-refractivity contribution in [3.63, 3.8) is 0 Å². The second kappa shape index (κ2) is 5.82. The van der Waals surface area contributed by atoms with Crippen LogP contribution in [-0.4, -0.2) is 11.5 Å². The number of thiophene rings is 1. The van der Waals surface area contributed by atoms with Crippen molar-refractivity contribution in [3.05, 3.63) is 27.6 Å². The normalized spacial score (nSPS) is 20.5. The Kier molecular flexibility index (Phi) is 4.21. The Labute approximate surface area is 135 Å². The fraction of sp³-hybridized carbons (Fsp3) is 0.588. The minimum atomic E-state index is 0.342. The lowest BCUT2D eigenvalue weighted by atomic mass is 9.76. The van der Waals surface area contributed by atoms with E-state index in [0.29, 0.717) is 11.5 Å². The third-order valence-electron chi connectivity index (χ3n) is 4.04. The molecule has 1 unspecified atom stereocenters. The van der Waals surface area contributed by atoms with Crippen LogP contribution in [0.1, 0.15) is 55.1 Å². The molecule has 21 heavy (non-hydrogen) atoms. The van der Waals surface area contributed by atoms with Crippen molar-refractivity contribution in [2.24, 2.45) is 5.41 Å². The number of thiazole rings is 1. The predicted molar refractivity (Wildman–Crippen MR) is 93.3 cm³/mol. The molecule has 0 spiro atoms. The SMILES string of the molecule is CCCNC1CC(C)(C)Cc2nc(-c3ccc(C)s3)sc21. The van der Waals surface area contributed by atoms with Gasteiger partial charge in [-0.3, -0.25) is 0 Å². The van der Waals surface area contributed by atoms with Gasteiger partial charge >= 0.3 is 0 Å². The number of fused-ring (bicyclic) bond motifs is 1. The van der Waals surface area contributed by atoms with E-state index in [2.05, 4.69) is 45.1 Å². The summed E-state index contributed by atoms with van der Waals surface area (Å²) in [6.07, 6.45) is 3.50. The van der Waals surface area contributed by atoms with Crippen molar-refractivity contribution in [1.82, 2.24) is 10.3 Å². The molecule has 2 nitrogen and oxygen atoms in total. The average Bonchev–Trinajstić information content (AvgIpc) is 3.00. The van der Waals surface area contributed by atoms with Crippen LogP contribution in [0.4, 0.5) is 0 Å². The van der Waals surface area contributed by atoms with Crippen LogP contribution >= 0.6 is 22.7 Å². The molecule has 2 aromatic heterocycles. The third-order valence-corrected chi connectivity index (χ3v) is 6.42. The topological polar surface area (TPSA) is 24.9 Å². The van der Waals surface area contributed by atoms with E-state index < -0.39 is 0 Å². The minimum absolute atomic E-state index is 0.342. The summed E-state index contributed by atoms with van der Waals surface area (Å²) in [5, 5.41) is 4.93. The van der Waals surface area contributed by atoms with Crippen LogP contribution in [0.3, 0.4) is 0 Å². The van der Waals surface area contributed by atoms with Gasteiger partial charge in [-0.1, -0.05) is 20.8 Å². The molecule has 0 saturated carbocycles. The first-order valence-corrected chi connectivity index (χ1v) is 9.41. The van der Waals surface area contributed by atoms with Gasteiger partial charge in [-0.05, 0) is 50.3 Å². The van der Waals surface area contributed by atoms with Crippen LogP contribution in [0.15, 0.2) is 12.1 Å². The van der Waals surface area contributed by atoms with Crippen molar-refractivity contribution < 1.29 is 0 Å². The molecule has 1 N–H and O–H groups in total. The Morgan fingerprint density at radius 2 is 2.14 bits per heavy atom. The van der Waals surface area contributed by atoms with Crippen LogP contribution in [0.25, 0.3) is 9.88 Å². The highest BCUT2D eigenvalue weighted by Gasteiger charge is 2.34. The molecule has 0 aromatic carbocycles. The lowest BCUT2D eigenvalue weighted by molar-refractivity contribution is 0.258. The molecule has 0 saturated heterocycles. The van der Waals surface area contributed by atoms with Gasteiger partial charge in [0.05, 0.1) is 10.6 Å². The maximum absolute atomic E-state index is 4.98. The Morgan fingerprint density at radius 3 is 2.81 bits per heavy atom. The molecule has 0 aliphatic heterocycles. The number of aromatic nitrogens is 1. The van der Waals surface area contributed by atoms with Crippen molar-refractivity contribution >= 4 is 22.7 Å². The maximum atomic E-state index is 4.98. The highest BCUT2D eigenvalue weighted by Crippen LogP contribution is 2.45. The summed E-state index contributed by atoms with van der Waals surface area (Å²) in [6, 6.07) is 4.89. The molecule has 114 valence electrons. The van der Waals surface area contributed by atoms with E-state index >= 15 is 0 Å². The van der Waals surface area contributed by atoms with Gasteiger partial charge in [0, 0.05) is 15.8 Å². The van der Waals surface area contributed by atoms with Gasteiger partial charge in [0.15, 0.2) is 0 Å². The number of nitrogens with one attached hydrogen (secondary N) is 1. The number of aryl methyl sites for hydroxylation is 1. The van der Waals surface area contributed by atoms with Gasteiger partial charge in [0.25, 0.3) is 0 Å². The molecule has 2 aromatic rings. The largest absolute Gasteiger partial charge is 0.309 e. The summed E-state index contributed by atoms with van der Waals surface area (Å²) in [4.78, 5) is 9.13. The molecule has 4 heteroatoms. The van der Waals surface area contributed by atoms with Crippen molar-refractivity contribution in [2.75, 3.05) is 6.54 Å². The van der Waals surface area contributed by atoms with Crippen LogP contribution in [0.2, 0.25) is 0 Å². The van der Waals surface area contributed by atoms with E-state index in [4.69, 9.17) is 4.98 Å². The fourth-order valence-corrected chi connectivity index (χ4v) is 5.15. The lowest BCUT2D eigenvalue weighted by Crippen LogP contribution is -2.33. The first-order valence-electron chi connectivity index (χ1n) is 7.78. The number of nitrogens with zero attached hydrogens (tertiary/aromatic N) is 1. The molecule has 0 radical (unpaired) electrons. The lowest BCUT2D eigenvalue weighted by Gasteiger charge is -2.34. The van der Waals surface area contributed by atoms with E-state index in [0.717, 1.165) is 13.0 Å². The molecule has 1 aliphatic carbocycles. The summed E-state index contributed by atoms with van der Waals surface area (Å²) >= 11 is 3.75. The molecule has 3 rings (SSSR count). The Hall–Kier alpha value is -0.710. The molecular formula is C17H24N2S2. The first kappa shape index (κ1) is 15.2. The van der Waals surface area contributed by atoms with Gasteiger partial charge in [0.1, 0.15) is 5.01 Å². The Bertz CT molecular complexity index is 625. The molecule has 0 bridgehead atoms. The zero-order chi connectivity index (χ0) is 15.0. The van der Waals surface area contributed by atoms with Crippen LogP contribution in [0, 0.1) is 12.3 Å². The summed E-state index contributed by atoms with van der Waals surface area (Å²) < 4.78 is 0. The Morgan fingerprint density at radius 1 is 1.33 bits per heavy atom. The van der Waals surface area contributed by atoms with E-state index in [1.165, 1.54) is 38.2 Å². The molecule has 2 heterocycles. The van der Waals surface area contributed by atoms with Gasteiger partial charge in [-0.15, -0.1) is 22.7 Å². The van der Waals surface area contributed by atoms with E-state index in [-0.39, 0.29) is 0 Å². The monoisotopic (exact) mass is 320 g/mol. The number of hydrogen-bond donors (Lipinski definition) is 1. The quantitative estimate of drug-likeness (QED) is 0.838. The van der Waals surface area contributed by atoms with Crippen molar-refractivity contribution in [1.29, 1.82) is 0 Å². The molecule has 0 amide bonds. The molecular weight excluding hydrogens is 296 g/mol. The number of hydrogen-bond acceptors (Lipinski definition) is 4. The third kappa shape index (κ3) is 3.22. The van der Waals surface area contributed by atoms with Gasteiger partial charge in [0.2, 0.25) is 0 Å². The van der Waals surface area contributed by atoms with E-state index in [1.54, 1.807) is 0 Å². The summed E-state index contributed by atoms with van der Waals surface area (Å²) in [5.74, 6) is 0. The second-order valence-electron chi connectivity index (χ2n) is 6.79. The molecule has 1 atom stereocenters. The van der Waals surface area contributed by atoms with Gasteiger partial charge in [-0.25, -0.2) is 4.98 Å². The van der Waals surface area contributed by atoms with Gasteiger partial charge < -0.3 is 5.32 Å². The smallest absolute Gasteiger partial charge is 0.133 e. The summed E-state index contributed by atoms with van der Waals surface area (Å²) in [5.41, 5.74) is 1.67. The van der Waals surface area contributed by atoms with Crippen LogP contribution < -0.4 is 5.32 Å². The molecule has 1 aliphatic rings. The van der Waals surface area contributed by atoms with E-state index in [9.17, 15) is 0 Å². The zero-order valence-corrected chi connectivity index (χ0v) is 15.0. The van der Waals surface area contributed by atoms with Crippen molar-refractivity contribution in [3.8, 4) is 9.88 Å². The summed E-state index contributed by atoms with van der Waals surface area (Å²) in [6.45, 7) is 10.2. The Balaban J connectivity index is 1.94. The second-order valence-corrected chi connectivity index (χ2v) is 9.11. The number of rotatable bonds is 4. The molecule has 0 fully saturated rings. The highest BCUT2D eigenvalue weighted by atomic mass is 32.1. The first-order chi connectivity index (χ1) is 9.98. The minimum Gasteiger partial charge on any atom is -0.309 e. The van der Waals surface area contributed by atoms with Crippen LogP contribution in [-0.2, 0) is 6.42 Å². The van der Waals surface area contributed by atoms with Crippen molar-refractivity contribution in [2.45, 2.75) is 53.0 Å². The fourth-order valence-electron chi connectivity index (χ4n) is 3.07. The maximum Gasteiger partial charge on any atom is 0.133 e. The van der Waals surface area contributed by atoms with E-state index in [1.807, 2.05) is 22.7 Å².